The molecule has 4 rings (SSSR count). The molecule has 34 heavy (non-hydrogen) atoms. The molecule has 2 aromatic heterocycles. The van der Waals surface area contributed by atoms with E-state index in [2.05, 4.69) is 27.5 Å². The van der Waals surface area contributed by atoms with Gasteiger partial charge in [-0.1, -0.05) is 75.2 Å². The molecule has 0 fully saturated rings. The van der Waals surface area contributed by atoms with Crippen LogP contribution in [0.15, 0.2) is 53.3 Å². The summed E-state index contributed by atoms with van der Waals surface area (Å²) in [4.78, 5) is 26.0. The van der Waals surface area contributed by atoms with Crippen molar-refractivity contribution in [2.45, 2.75) is 59.4 Å². The molecule has 0 amide bonds. The SMILES string of the molecule is CCCCC(=O)n1c(C)c(CCC)n(Cc2ccc(-c3ccccc3-c3nn[nH]n3)cc2)c1=O. The number of imidazole rings is 1. The van der Waals surface area contributed by atoms with E-state index < -0.39 is 0 Å². The Bertz CT molecular complexity index is 1320. The zero-order chi connectivity index (χ0) is 24.1. The second kappa shape index (κ2) is 10.4. The maximum Gasteiger partial charge on any atom is 0.335 e. The molecule has 0 aliphatic heterocycles. The summed E-state index contributed by atoms with van der Waals surface area (Å²) < 4.78 is 3.13. The van der Waals surface area contributed by atoms with Crippen LogP contribution >= 0.6 is 0 Å². The Labute approximate surface area is 198 Å². The van der Waals surface area contributed by atoms with Crippen LogP contribution in [0.1, 0.15) is 61.3 Å². The van der Waals surface area contributed by atoms with E-state index in [4.69, 9.17) is 0 Å². The van der Waals surface area contributed by atoms with Crippen molar-refractivity contribution in [3.05, 3.63) is 76.0 Å². The Kier molecular flexibility index (Phi) is 7.15. The third-order valence-electron chi connectivity index (χ3n) is 6.10. The highest BCUT2D eigenvalue weighted by Crippen LogP contribution is 2.29. The van der Waals surface area contributed by atoms with E-state index in [0.717, 1.165) is 59.3 Å². The van der Waals surface area contributed by atoms with Gasteiger partial charge >= 0.3 is 5.69 Å². The molecule has 0 atom stereocenters. The molecule has 8 heteroatoms. The Morgan fingerprint density at radius 2 is 1.74 bits per heavy atom. The normalized spacial score (nSPS) is 11.1. The maximum absolute atomic E-state index is 13.2. The first-order valence-electron chi connectivity index (χ1n) is 11.8. The number of nitrogens with zero attached hydrogens (tertiary/aromatic N) is 5. The van der Waals surface area contributed by atoms with Crippen LogP contribution in [0.25, 0.3) is 22.5 Å². The number of benzene rings is 2. The maximum atomic E-state index is 13.2. The molecule has 0 aliphatic carbocycles. The van der Waals surface area contributed by atoms with E-state index >= 15 is 0 Å². The molecule has 1 N–H and O–H groups in total. The fraction of sp³-hybridized carbons (Fsp3) is 0.346. The highest BCUT2D eigenvalue weighted by atomic mass is 16.2. The topological polar surface area (TPSA) is 98.5 Å². The van der Waals surface area contributed by atoms with Crippen molar-refractivity contribution in [1.29, 1.82) is 0 Å². The van der Waals surface area contributed by atoms with E-state index in [1.54, 1.807) is 4.57 Å². The van der Waals surface area contributed by atoms with Gasteiger partial charge in [0, 0.05) is 23.4 Å². The molecule has 0 unspecified atom stereocenters. The van der Waals surface area contributed by atoms with Gasteiger partial charge in [0.25, 0.3) is 0 Å². The standard InChI is InChI=1S/C26H30N6O2/c1-4-6-12-24(33)32-18(3)23(9-5-2)31(26(32)34)17-19-13-15-20(16-14-19)21-10-7-8-11-22(21)25-27-29-30-28-25/h7-8,10-11,13-16H,4-6,9,12,17H2,1-3H3,(H,27,28,29,30). The number of carbonyl (C=O) groups is 1. The number of aromatic amines is 1. The van der Waals surface area contributed by atoms with Crippen molar-refractivity contribution in [3.8, 4) is 22.5 Å². The summed E-state index contributed by atoms with van der Waals surface area (Å²) >= 11 is 0. The van der Waals surface area contributed by atoms with Crippen LogP contribution < -0.4 is 5.69 Å². The Morgan fingerprint density at radius 1 is 1.00 bits per heavy atom. The quantitative estimate of drug-likeness (QED) is 0.394. The number of rotatable bonds is 9. The first kappa shape index (κ1) is 23.4. The third kappa shape index (κ3) is 4.62. The summed E-state index contributed by atoms with van der Waals surface area (Å²) in [5.41, 5.74) is 5.37. The second-order valence-electron chi connectivity index (χ2n) is 8.46. The monoisotopic (exact) mass is 458 g/mol. The van der Waals surface area contributed by atoms with Gasteiger partial charge in [-0.3, -0.25) is 9.36 Å². The lowest BCUT2D eigenvalue weighted by atomic mass is 9.98. The lowest BCUT2D eigenvalue weighted by Gasteiger charge is -2.10. The second-order valence-corrected chi connectivity index (χ2v) is 8.46. The summed E-state index contributed by atoms with van der Waals surface area (Å²) in [5.74, 6) is 0.425. The molecule has 0 spiro atoms. The van der Waals surface area contributed by atoms with Crippen LogP contribution in [0, 0.1) is 6.92 Å². The van der Waals surface area contributed by atoms with Gasteiger partial charge in [-0.2, -0.15) is 5.21 Å². The highest BCUT2D eigenvalue weighted by molar-refractivity contribution is 5.80. The summed E-state index contributed by atoms with van der Waals surface area (Å²) in [6.07, 6.45) is 3.75. The molecule has 0 saturated carbocycles. The summed E-state index contributed by atoms with van der Waals surface area (Å²) in [6.45, 7) is 6.43. The number of H-pyrrole nitrogens is 1. The van der Waals surface area contributed by atoms with Gasteiger partial charge in [-0.25, -0.2) is 9.36 Å². The number of tetrazole rings is 1. The van der Waals surface area contributed by atoms with Gasteiger partial charge in [-0.05, 0) is 41.7 Å². The smallest absolute Gasteiger partial charge is 0.291 e. The summed E-state index contributed by atoms with van der Waals surface area (Å²) in [6, 6.07) is 16.0. The molecule has 2 aromatic carbocycles. The van der Waals surface area contributed by atoms with Crippen molar-refractivity contribution in [2.75, 3.05) is 0 Å². The van der Waals surface area contributed by atoms with Gasteiger partial charge in [0.05, 0.1) is 6.54 Å². The minimum atomic E-state index is -0.242. The van der Waals surface area contributed by atoms with Crippen LogP contribution in [0.4, 0.5) is 0 Å². The average molecular weight is 459 g/mol. The highest BCUT2D eigenvalue weighted by Gasteiger charge is 2.20. The van der Waals surface area contributed by atoms with Crippen LogP contribution in [-0.2, 0) is 13.0 Å². The van der Waals surface area contributed by atoms with E-state index in [0.29, 0.717) is 18.8 Å². The molecular formula is C26H30N6O2. The fourth-order valence-electron chi connectivity index (χ4n) is 4.33. The van der Waals surface area contributed by atoms with Crippen LogP contribution in [-0.4, -0.2) is 35.7 Å². The summed E-state index contributed by atoms with van der Waals surface area (Å²) in [7, 11) is 0. The Morgan fingerprint density at radius 3 is 2.38 bits per heavy atom. The molecule has 0 saturated heterocycles. The van der Waals surface area contributed by atoms with Gasteiger partial charge in [0.2, 0.25) is 11.7 Å². The fourth-order valence-corrected chi connectivity index (χ4v) is 4.33. The van der Waals surface area contributed by atoms with Crippen molar-refractivity contribution in [1.82, 2.24) is 29.8 Å². The van der Waals surface area contributed by atoms with Crippen molar-refractivity contribution < 1.29 is 4.79 Å². The van der Waals surface area contributed by atoms with E-state index in [1.807, 2.05) is 62.4 Å². The van der Waals surface area contributed by atoms with Crippen LogP contribution in [0.5, 0.6) is 0 Å². The molecule has 2 heterocycles. The number of unbranched alkanes of at least 4 members (excludes halogenated alkanes) is 1. The predicted molar refractivity (Wildman–Crippen MR) is 132 cm³/mol. The van der Waals surface area contributed by atoms with Gasteiger partial charge in [0.15, 0.2) is 0 Å². The molecule has 4 aromatic rings. The first-order chi connectivity index (χ1) is 16.5. The van der Waals surface area contributed by atoms with Gasteiger partial charge in [-0.15, -0.1) is 10.2 Å². The Balaban J connectivity index is 1.65. The van der Waals surface area contributed by atoms with Gasteiger partial charge in [0.1, 0.15) is 0 Å². The number of carbonyl (C=O) groups excluding carboxylic acids is 1. The van der Waals surface area contributed by atoms with E-state index in [1.165, 1.54) is 4.57 Å². The largest absolute Gasteiger partial charge is 0.335 e. The molecule has 0 aliphatic rings. The zero-order valence-electron chi connectivity index (χ0n) is 19.9. The minimum Gasteiger partial charge on any atom is -0.291 e. The lowest BCUT2D eigenvalue weighted by molar-refractivity contribution is 0.0892. The molecular weight excluding hydrogens is 428 g/mol. The number of aromatic nitrogens is 6. The molecule has 0 bridgehead atoms. The van der Waals surface area contributed by atoms with E-state index in [-0.39, 0.29) is 11.6 Å². The lowest BCUT2D eigenvalue weighted by Crippen LogP contribution is -2.30. The van der Waals surface area contributed by atoms with Crippen LogP contribution in [0.3, 0.4) is 0 Å². The van der Waals surface area contributed by atoms with Crippen LogP contribution in [0.2, 0.25) is 0 Å². The average Bonchev–Trinajstić information content (AvgIpc) is 3.47. The van der Waals surface area contributed by atoms with E-state index in [9.17, 15) is 9.59 Å². The third-order valence-corrected chi connectivity index (χ3v) is 6.10. The van der Waals surface area contributed by atoms with Gasteiger partial charge < -0.3 is 0 Å². The molecule has 0 radical (unpaired) electrons. The summed E-state index contributed by atoms with van der Waals surface area (Å²) in [5, 5.41) is 14.4. The zero-order valence-corrected chi connectivity index (χ0v) is 19.9. The van der Waals surface area contributed by atoms with Crippen molar-refractivity contribution in [2.24, 2.45) is 0 Å². The number of hydrogen-bond donors (Lipinski definition) is 1. The van der Waals surface area contributed by atoms with Crippen molar-refractivity contribution >= 4 is 5.91 Å². The number of nitrogens with one attached hydrogen (secondary N) is 1. The number of hydrogen-bond acceptors (Lipinski definition) is 5. The van der Waals surface area contributed by atoms with Crippen molar-refractivity contribution in [3.63, 3.8) is 0 Å². The minimum absolute atomic E-state index is 0.117. The first-order valence-corrected chi connectivity index (χ1v) is 11.8. The molecule has 176 valence electrons. The molecule has 8 nitrogen and oxygen atoms in total. The Hall–Kier alpha value is -3.81. The predicted octanol–water partition coefficient (Wildman–Crippen LogP) is 4.64.